The van der Waals surface area contributed by atoms with Crippen LogP contribution in [0.5, 0.6) is 17.2 Å². The van der Waals surface area contributed by atoms with E-state index in [2.05, 4.69) is 9.98 Å². The third-order valence-corrected chi connectivity index (χ3v) is 5.03. The first-order chi connectivity index (χ1) is 15.5. The summed E-state index contributed by atoms with van der Waals surface area (Å²) in [4.78, 5) is 20.0. The zero-order chi connectivity index (χ0) is 22.2. The molecular weight excluding hydrogens is 414 g/mol. The molecule has 0 spiro atoms. The predicted molar refractivity (Wildman–Crippen MR) is 117 cm³/mol. The van der Waals surface area contributed by atoms with E-state index in [0.717, 1.165) is 11.1 Å². The van der Waals surface area contributed by atoms with Crippen molar-refractivity contribution in [3.8, 4) is 28.7 Å². The van der Waals surface area contributed by atoms with Gasteiger partial charge >= 0.3 is 0 Å². The van der Waals surface area contributed by atoms with Crippen molar-refractivity contribution in [2.75, 3.05) is 13.9 Å². The molecule has 1 aliphatic heterocycles. The van der Waals surface area contributed by atoms with E-state index >= 15 is 0 Å². The van der Waals surface area contributed by atoms with Gasteiger partial charge in [-0.1, -0.05) is 6.07 Å². The summed E-state index contributed by atoms with van der Waals surface area (Å²) in [6.45, 7) is 2.01. The number of aromatic nitrogens is 1. The quantitative estimate of drug-likeness (QED) is 0.243. The second-order valence-corrected chi connectivity index (χ2v) is 7.16. The van der Waals surface area contributed by atoms with Gasteiger partial charge in [0.2, 0.25) is 12.7 Å². The number of nitro groups is 1. The first kappa shape index (κ1) is 19.6. The molecule has 1 aliphatic rings. The SMILES string of the molecule is COc1ccc(-c2nc3cc(C)ccc3o2)cc1N=Cc1cc2c(cc1[N+](=O)[O-])OCO2. The topological polar surface area (TPSA) is 109 Å². The van der Waals surface area contributed by atoms with Gasteiger partial charge in [-0.25, -0.2) is 4.98 Å². The van der Waals surface area contributed by atoms with Crippen LogP contribution in [0.4, 0.5) is 11.4 Å². The van der Waals surface area contributed by atoms with Crippen molar-refractivity contribution in [2.45, 2.75) is 6.92 Å². The lowest BCUT2D eigenvalue weighted by atomic mass is 10.1. The van der Waals surface area contributed by atoms with Crippen LogP contribution in [-0.2, 0) is 0 Å². The van der Waals surface area contributed by atoms with Crippen molar-refractivity contribution in [3.05, 3.63) is 69.8 Å². The lowest BCUT2D eigenvalue weighted by molar-refractivity contribution is -0.385. The molecule has 0 radical (unpaired) electrons. The van der Waals surface area contributed by atoms with E-state index in [1.165, 1.54) is 25.5 Å². The minimum atomic E-state index is -0.489. The summed E-state index contributed by atoms with van der Waals surface area (Å²) in [7, 11) is 1.53. The van der Waals surface area contributed by atoms with E-state index in [-0.39, 0.29) is 18.0 Å². The summed E-state index contributed by atoms with van der Waals surface area (Å²) in [5.74, 6) is 1.71. The summed E-state index contributed by atoms with van der Waals surface area (Å²) in [6, 6.07) is 14.0. The van der Waals surface area contributed by atoms with Crippen molar-refractivity contribution in [1.82, 2.24) is 4.98 Å². The van der Waals surface area contributed by atoms with Gasteiger partial charge in [0.15, 0.2) is 17.1 Å². The van der Waals surface area contributed by atoms with Crippen LogP contribution in [0.15, 0.2) is 57.9 Å². The lowest BCUT2D eigenvalue weighted by Crippen LogP contribution is -1.95. The number of oxazole rings is 1. The Hall–Kier alpha value is -4.40. The lowest BCUT2D eigenvalue weighted by Gasteiger charge is -2.06. The summed E-state index contributed by atoms with van der Waals surface area (Å²) in [5.41, 5.74) is 3.84. The number of hydrogen-bond acceptors (Lipinski definition) is 8. The standard InChI is InChI=1S/C23H17N3O6/c1-13-3-5-20-17(7-13)25-23(32-20)14-4-6-19(29-2)16(8-14)24-11-15-9-21-22(31-12-30-21)10-18(15)26(27)28/h3-11H,12H2,1-2H3. The molecule has 2 heterocycles. The first-order valence-electron chi connectivity index (χ1n) is 9.69. The van der Waals surface area contributed by atoms with E-state index in [1.54, 1.807) is 12.1 Å². The number of nitrogens with zero attached hydrogens (tertiary/aromatic N) is 3. The third-order valence-electron chi connectivity index (χ3n) is 5.03. The van der Waals surface area contributed by atoms with Crippen LogP contribution in [0, 0.1) is 17.0 Å². The maximum atomic E-state index is 11.5. The molecule has 9 heteroatoms. The number of benzene rings is 3. The molecule has 0 aliphatic carbocycles. The fourth-order valence-electron chi connectivity index (χ4n) is 3.43. The van der Waals surface area contributed by atoms with Crippen molar-refractivity contribution in [1.29, 1.82) is 0 Å². The number of aliphatic imine (C=N–C) groups is 1. The minimum Gasteiger partial charge on any atom is -0.494 e. The van der Waals surface area contributed by atoms with Gasteiger partial charge in [0.25, 0.3) is 5.69 Å². The van der Waals surface area contributed by atoms with Gasteiger partial charge in [0.05, 0.1) is 23.7 Å². The molecule has 0 unspecified atom stereocenters. The molecule has 0 fully saturated rings. The third kappa shape index (κ3) is 3.49. The Kier molecular flexibility index (Phi) is 4.70. The van der Waals surface area contributed by atoms with Crippen LogP contribution >= 0.6 is 0 Å². The highest BCUT2D eigenvalue weighted by atomic mass is 16.7. The van der Waals surface area contributed by atoms with E-state index in [9.17, 15) is 10.1 Å². The molecule has 0 bridgehead atoms. The second-order valence-electron chi connectivity index (χ2n) is 7.16. The molecule has 160 valence electrons. The number of aryl methyl sites for hydroxylation is 1. The van der Waals surface area contributed by atoms with Crippen LogP contribution in [0.3, 0.4) is 0 Å². The maximum Gasteiger partial charge on any atom is 0.282 e. The van der Waals surface area contributed by atoms with E-state index in [1.807, 2.05) is 31.2 Å². The molecular formula is C23H17N3O6. The van der Waals surface area contributed by atoms with Crippen LogP contribution in [0.25, 0.3) is 22.6 Å². The summed E-state index contributed by atoms with van der Waals surface area (Å²) >= 11 is 0. The molecule has 1 aromatic heterocycles. The monoisotopic (exact) mass is 431 g/mol. The Bertz CT molecular complexity index is 1390. The Morgan fingerprint density at radius 2 is 1.94 bits per heavy atom. The Morgan fingerprint density at radius 3 is 2.72 bits per heavy atom. The fourth-order valence-corrected chi connectivity index (χ4v) is 3.43. The van der Waals surface area contributed by atoms with Crippen LogP contribution in [0.1, 0.15) is 11.1 Å². The molecule has 9 nitrogen and oxygen atoms in total. The number of nitro benzene ring substituents is 1. The maximum absolute atomic E-state index is 11.5. The zero-order valence-corrected chi connectivity index (χ0v) is 17.2. The summed E-state index contributed by atoms with van der Waals surface area (Å²) in [6.07, 6.45) is 1.40. The highest BCUT2D eigenvalue weighted by Gasteiger charge is 2.22. The molecule has 4 aromatic rings. The highest BCUT2D eigenvalue weighted by molar-refractivity contribution is 5.89. The van der Waals surface area contributed by atoms with Crippen LogP contribution < -0.4 is 14.2 Å². The van der Waals surface area contributed by atoms with Gasteiger partial charge in [-0.15, -0.1) is 0 Å². The molecule has 0 N–H and O–H groups in total. The normalized spacial score (nSPS) is 12.6. The van der Waals surface area contributed by atoms with Gasteiger partial charge in [-0.05, 0) is 48.9 Å². The van der Waals surface area contributed by atoms with Gasteiger partial charge in [-0.3, -0.25) is 15.1 Å². The first-order valence-corrected chi connectivity index (χ1v) is 9.69. The molecule has 0 atom stereocenters. The molecule has 0 amide bonds. The fraction of sp³-hybridized carbons (Fsp3) is 0.130. The van der Waals surface area contributed by atoms with Crippen molar-refractivity contribution >= 4 is 28.7 Å². The number of fused-ring (bicyclic) bond motifs is 2. The number of rotatable bonds is 5. The predicted octanol–water partition coefficient (Wildman–Crippen LogP) is 5.20. The second kappa shape index (κ2) is 7.69. The van der Waals surface area contributed by atoms with Crippen molar-refractivity contribution in [2.24, 2.45) is 4.99 Å². The van der Waals surface area contributed by atoms with Gasteiger partial charge < -0.3 is 18.6 Å². The van der Waals surface area contributed by atoms with E-state index in [4.69, 9.17) is 18.6 Å². The molecule has 5 rings (SSSR count). The van der Waals surface area contributed by atoms with Crippen LogP contribution in [0.2, 0.25) is 0 Å². The van der Waals surface area contributed by atoms with E-state index < -0.39 is 4.92 Å². The number of hydrogen-bond donors (Lipinski definition) is 0. The van der Waals surface area contributed by atoms with Crippen molar-refractivity contribution in [3.63, 3.8) is 0 Å². The van der Waals surface area contributed by atoms with Gasteiger partial charge in [0, 0.05) is 11.8 Å². The number of methoxy groups -OCH3 is 1. The average Bonchev–Trinajstić information content (AvgIpc) is 3.42. The Labute approximate surface area is 182 Å². The largest absolute Gasteiger partial charge is 0.494 e. The van der Waals surface area contributed by atoms with Crippen molar-refractivity contribution < 1.29 is 23.6 Å². The summed E-state index contributed by atoms with van der Waals surface area (Å²) in [5, 5.41) is 11.5. The highest BCUT2D eigenvalue weighted by Crippen LogP contribution is 2.38. The Balaban J connectivity index is 1.55. The van der Waals surface area contributed by atoms with Crippen LogP contribution in [-0.4, -0.2) is 30.0 Å². The molecule has 0 saturated carbocycles. The zero-order valence-electron chi connectivity index (χ0n) is 17.2. The van der Waals surface area contributed by atoms with Gasteiger partial charge in [-0.2, -0.15) is 0 Å². The smallest absolute Gasteiger partial charge is 0.282 e. The molecule has 0 saturated heterocycles. The van der Waals surface area contributed by atoms with E-state index in [0.29, 0.717) is 40.0 Å². The molecule has 3 aromatic carbocycles. The summed E-state index contributed by atoms with van der Waals surface area (Å²) < 4.78 is 21.9. The number of ether oxygens (including phenoxy) is 3. The Morgan fingerprint density at radius 1 is 1.12 bits per heavy atom. The molecule has 32 heavy (non-hydrogen) atoms. The minimum absolute atomic E-state index is 0.0208. The average molecular weight is 431 g/mol. The van der Waals surface area contributed by atoms with Gasteiger partial charge in [0.1, 0.15) is 17.0 Å².